The van der Waals surface area contributed by atoms with Crippen LogP contribution in [0.5, 0.6) is 0 Å². The third-order valence-corrected chi connectivity index (χ3v) is 2.94. The molecule has 0 fully saturated rings. The number of amides is 1. The van der Waals surface area contributed by atoms with Crippen molar-refractivity contribution in [1.82, 2.24) is 0 Å². The largest absolute Gasteiger partial charge is 0.396 e. The number of carbonyl (C=O) groups is 1. The SMILES string of the molecule is Cc1cccc(CNc2cccc(C(N)=O)c2N)c1. The Morgan fingerprint density at radius 2 is 1.95 bits per heavy atom. The van der Waals surface area contributed by atoms with E-state index in [0.717, 1.165) is 11.3 Å². The smallest absolute Gasteiger partial charge is 0.250 e. The number of para-hydroxylation sites is 1. The molecule has 2 aromatic carbocycles. The second kappa shape index (κ2) is 5.44. The zero-order chi connectivity index (χ0) is 13.8. The number of carbonyl (C=O) groups excluding carboxylic acids is 1. The second-order valence-electron chi connectivity index (χ2n) is 4.47. The van der Waals surface area contributed by atoms with Crippen LogP contribution in [0.1, 0.15) is 21.5 Å². The van der Waals surface area contributed by atoms with Crippen molar-refractivity contribution in [3.8, 4) is 0 Å². The first kappa shape index (κ1) is 13.0. The first-order chi connectivity index (χ1) is 9.08. The van der Waals surface area contributed by atoms with Crippen molar-refractivity contribution < 1.29 is 4.79 Å². The highest BCUT2D eigenvalue weighted by molar-refractivity contribution is 6.00. The summed E-state index contributed by atoms with van der Waals surface area (Å²) in [7, 11) is 0. The Kier molecular flexibility index (Phi) is 3.71. The number of nitrogen functional groups attached to an aromatic ring is 1. The summed E-state index contributed by atoms with van der Waals surface area (Å²) in [5.74, 6) is -0.517. The van der Waals surface area contributed by atoms with E-state index < -0.39 is 5.91 Å². The molecule has 19 heavy (non-hydrogen) atoms. The quantitative estimate of drug-likeness (QED) is 0.733. The van der Waals surface area contributed by atoms with E-state index in [1.165, 1.54) is 5.56 Å². The number of hydrogen-bond acceptors (Lipinski definition) is 3. The third kappa shape index (κ3) is 3.04. The lowest BCUT2D eigenvalue weighted by Crippen LogP contribution is -2.14. The summed E-state index contributed by atoms with van der Waals surface area (Å²) in [6, 6.07) is 13.4. The fourth-order valence-corrected chi connectivity index (χ4v) is 1.95. The average Bonchev–Trinajstić information content (AvgIpc) is 2.37. The molecular formula is C15H17N3O. The Bertz CT molecular complexity index is 608. The zero-order valence-electron chi connectivity index (χ0n) is 10.8. The van der Waals surface area contributed by atoms with Crippen LogP contribution in [-0.2, 0) is 6.54 Å². The van der Waals surface area contributed by atoms with Gasteiger partial charge < -0.3 is 16.8 Å². The van der Waals surface area contributed by atoms with E-state index in [0.29, 0.717) is 17.8 Å². The van der Waals surface area contributed by atoms with Gasteiger partial charge in [-0.2, -0.15) is 0 Å². The molecule has 4 heteroatoms. The normalized spacial score (nSPS) is 10.2. The number of nitrogens with one attached hydrogen (secondary N) is 1. The van der Waals surface area contributed by atoms with E-state index in [1.54, 1.807) is 12.1 Å². The van der Waals surface area contributed by atoms with Crippen LogP contribution >= 0.6 is 0 Å². The van der Waals surface area contributed by atoms with Crippen LogP contribution in [0.2, 0.25) is 0 Å². The van der Waals surface area contributed by atoms with Gasteiger partial charge in [0.2, 0.25) is 0 Å². The standard InChI is InChI=1S/C15H17N3O/c1-10-4-2-5-11(8-10)9-18-13-7-3-6-12(14(13)16)15(17)19/h2-8,18H,9,16H2,1H3,(H2,17,19). The first-order valence-electron chi connectivity index (χ1n) is 6.05. The van der Waals surface area contributed by atoms with E-state index in [2.05, 4.69) is 11.4 Å². The molecule has 0 aliphatic carbocycles. The minimum absolute atomic E-state index is 0.342. The van der Waals surface area contributed by atoms with Gasteiger partial charge in [0.25, 0.3) is 5.91 Å². The molecule has 0 unspecified atom stereocenters. The third-order valence-electron chi connectivity index (χ3n) is 2.94. The van der Waals surface area contributed by atoms with Crippen LogP contribution < -0.4 is 16.8 Å². The molecule has 0 saturated heterocycles. The number of primary amides is 1. The van der Waals surface area contributed by atoms with Crippen molar-refractivity contribution in [1.29, 1.82) is 0 Å². The lowest BCUT2D eigenvalue weighted by Gasteiger charge is -2.11. The molecule has 2 aromatic rings. The molecule has 0 aromatic heterocycles. The molecule has 0 radical (unpaired) electrons. The van der Waals surface area contributed by atoms with E-state index in [-0.39, 0.29) is 0 Å². The predicted molar refractivity (Wildman–Crippen MR) is 77.9 cm³/mol. The molecule has 0 heterocycles. The Morgan fingerprint density at radius 3 is 2.63 bits per heavy atom. The van der Waals surface area contributed by atoms with E-state index >= 15 is 0 Å². The number of benzene rings is 2. The van der Waals surface area contributed by atoms with Crippen molar-refractivity contribution in [2.24, 2.45) is 5.73 Å². The van der Waals surface area contributed by atoms with Crippen molar-refractivity contribution in [2.45, 2.75) is 13.5 Å². The monoisotopic (exact) mass is 255 g/mol. The van der Waals surface area contributed by atoms with Crippen LogP contribution in [0.4, 0.5) is 11.4 Å². The lowest BCUT2D eigenvalue weighted by molar-refractivity contribution is 0.100. The molecule has 1 amide bonds. The summed E-state index contributed by atoms with van der Waals surface area (Å²) in [6.45, 7) is 2.69. The minimum Gasteiger partial charge on any atom is -0.396 e. The van der Waals surface area contributed by atoms with Crippen LogP contribution in [0.15, 0.2) is 42.5 Å². The molecule has 0 bridgehead atoms. The lowest BCUT2D eigenvalue weighted by atomic mass is 10.1. The Balaban J connectivity index is 2.16. The van der Waals surface area contributed by atoms with Crippen molar-refractivity contribution >= 4 is 17.3 Å². The predicted octanol–water partition coefficient (Wildman–Crippen LogP) is 2.29. The summed E-state index contributed by atoms with van der Waals surface area (Å²) in [5, 5.41) is 3.22. The minimum atomic E-state index is -0.517. The van der Waals surface area contributed by atoms with Gasteiger partial charge in [-0.15, -0.1) is 0 Å². The van der Waals surface area contributed by atoms with Crippen LogP contribution in [0.25, 0.3) is 0 Å². The highest BCUT2D eigenvalue weighted by Crippen LogP contribution is 2.23. The highest BCUT2D eigenvalue weighted by Gasteiger charge is 2.08. The Morgan fingerprint density at radius 1 is 1.21 bits per heavy atom. The number of nitrogens with two attached hydrogens (primary N) is 2. The molecule has 5 N–H and O–H groups in total. The molecular weight excluding hydrogens is 238 g/mol. The van der Waals surface area contributed by atoms with Gasteiger partial charge in [-0.25, -0.2) is 0 Å². The molecule has 0 aliphatic heterocycles. The topological polar surface area (TPSA) is 81.1 Å². The maximum absolute atomic E-state index is 11.2. The summed E-state index contributed by atoms with van der Waals surface area (Å²) >= 11 is 0. The van der Waals surface area contributed by atoms with Gasteiger partial charge in [0.05, 0.1) is 16.9 Å². The second-order valence-corrected chi connectivity index (χ2v) is 4.47. The van der Waals surface area contributed by atoms with Crippen molar-refractivity contribution in [2.75, 3.05) is 11.1 Å². The first-order valence-corrected chi connectivity index (χ1v) is 6.05. The molecule has 4 nitrogen and oxygen atoms in total. The van der Waals surface area contributed by atoms with Crippen LogP contribution in [-0.4, -0.2) is 5.91 Å². The maximum Gasteiger partial charge on any atom is 0.250 e. The van der Waals surface area contributed by atoms with Gasteiger partial charge in [-0.1, -0.05) is 35.9 Å². The number of hydrogen-bond donors (Lipinski definition) is 3. The van der Waals surface area contributed by atoms with E-state index in [4.69, 9.17) is 11.5 Å². The van der Waals surface area contributed by atoms with Gasteiger partial charge in [-0.05, 0) is 24.6 Å². The Labute approximate surface area is 112 Å². The van der Waals surface area contributed by atoms with Crippen LogP contribution in [0, 0.1) is 6.92 Å². The number of rotatable bonds is 4. The average molecular weight is 255 g/mol. The summed E-state index contributed by atoms with van der Waals surface area (Å²) in [5.41, 5.74) is 15.0. The summed E-state index contributed by atoms with van der Waals surface area (Å²) in [6.07, 6.45) is 0. The molecule has 2 rings (SSSR count). The zero-order valence-corrected chi connectivity index (χ0v) is 10.8. The highest BCUT2D eigenvalue weighted by atomic mass is 16.1. The summed E-state index contributed by atoms with van der Waals surface area (Å²) < 4.78 is 0. The van der Waals surface area contributed by atoms with Gasteiger partial charge in [0, 0.05) is 6.54 Å². The summed E-state index contributed by atoms with van der Waals surface area (Å²) in [4.78, 5) is 11.2. The fraction of sp³-hybridized carbons (Fsp3) is 0.133. The van der Waals surface area contributed by atoms with Gasteiger partial charge in [0.15, 0.2) is 0 Å². The van der Waals surface area contributed by atoms with Gasteiger partial charge in [0.1, 0.15) is 0 Å². The number of anilines is 2. The van der Waals surface area contributed by atoms with Gasteiger partial charge >= 0.3 is 0 Å². The van der Waals surface area contributed by atoms with E-state index in [9.17, 15) is 4.79 Å². The number of aryl methyl sites for hydroxylation is 1. The fourth-order valence-electron chi connectivity index (χ4n) is 1.95. The molecule has 0 aliphatic rings. The maximum atomic E-state index is 11.2. The van der Waals surface area contributed by atoms with Crippen molar-refractivity contribution in [3.63, 3.8) is 0 Å². The molecule has 0 spiro atoms. The van der Waals surface area contributed by atoms with Crippen molar-refractivity contribution in [3.05, 3.63) is 59.2 Å². The Hall–Kier alpha value is -2.49. The molecule has 0 saturated carbocycles. The van der Waals surface area contributed by atoms with E-state index in [1.807, 2.05) is 31.2 Å². The molecule has 0 atom stereocenters. The van der Waals surface area contributed by atoms with Gasteiger partial charge in [-0.3, -0.25) is 4.79 Å². The molecule has 98 valence electrons. The van der Waals surface area contributed by atoms with Crippen LogP contribution in [0.3, 0.4) is 0 Å².